The molecular weight excluding hydrogens is 527 g/mol. The van der Waals surface area contributed by atoms with Crippen molar-refractivity contribution in [2.75, 3.05) is 16.4 Å². The molecule has 0 unspecified atom stereocenters. The number of nitrogens with zero attached hydrogens (tertiary/aromatic N) is 4. The molecule has 2 amide bonds. The molecule has 0 saturated carbocycles. The van der Waals surface area contributed by atoms with Crippen molar-refractivity contribution < 1.29 is 14.5 Å². The number of nitro benzene ring substituents is 1. The van der Waals surface area contributed by atoms with Crippen molar-refractivity contribution in [3.8, 4) is 0 Å². The van der Waals surface area contributed by atoms with E-state index in [0.29, 0.717) is 28.2 Å². The summed E-state index contributed by atoms with van der Waals surface area (Å²) < 4.78 is 1.71. The predicted octanol–water partition coefficient (Wildman–Crippen LogP) is 5.08. The number of carbonyl (C=O) groups excluding carboxylic acids is 2. The Morgan fingerprint density at radius 1 is 1.06 bits per heavy atom. The van der Waals surface area contributed by atoms with Crippen LogP contribution in [0.2, 0.25) is 15.1 Å². The van der Waals surface area contributed by atoms with E-state index in [1.54, 1.807) is 22.8 Å². The Morgan fingerprint density at radius 2 is 1.79 bits per heavy atom. The number of anilines is 2. The van der Waals surface area contributed by atoms with E-state index >= 15 is 0 Å². The van der Waals surface area contributed by atoms with Crippen LogP contribution < -0.4 is 10.6 Å². The van der Waals surface area contributed by atoms with Crippen LogP contribution in [0.15, 0.2) is 41.6 Å². The molecule has 0 aliphatic carbocycles. The van der Waals surface area contributed by atoms with Crippen molar-refractivity contribution in [1.29, 1.82) is 0 Å². The summed E-state index contributed by atoms with van der Waals surface area (Å²) in [5.74, 6) is -0.446. The highest BCUT2D eigenvalue weighted by Crippen LogP contribution is 2.30. The maximum atomic E-state index is 12.5. The van der Waals surface area contributed by atoms with Crippen LogP contribution in [0, 0.1) is 10.1 Å². The van der Waals surface area contributed by atoms with Crippen molar-refractivity contribution in [2.24, 2.45) is 0 Å². The van der Waals surface area contributed by atoms with Gasteiger partial charge < -0.3 is 15.2 Å². The van der Waals surface area contributed by atoms with Gasteiger partial charge in [0.15, 0.2) is 5.16 Å². The first-order valence-electron chi connectivity index (χ1n) is 9.72. The number of nitro groups is 1. The standard InChI is InChI=1S/C20H17Cl3N6O4S/c1-2-28-16(9-17(30)24-14-5-3-4-13(22)19(14)23)26-27-20(28)34-10-18(31)25-15-8-11(29(32)33)6-7-12(15)21/h3-8H,2,9-10H2,1H3,(H,24,30)(H,25,31). The zero-order valence-electron chi connectivity index (χ0n) is 17.5. The van der Waals surface area contributed by atoms with E-state index in [9.17, 15) is 19.7 Å². The van der Waals surface area contributed by atoms with Crippen molar-refractivity contribution in [2.45, 2.75) is 25.0 Å². The number of thioether (sulfide) groups is 1. The summed E-state index contributed by atoms with van der Waals surface area (Å²) in [4.78, 5) is 35.2. The molecule has 1 heterocycles. The average Bonchev–Trinajstić information content (AvgIpc) is 3.18. The van der Waals surface area contributed by atoms with Crippen LogP contribution >= 0.6 is 46.6 Å². The Hall–Kier alpha value is -2.86. The minimum absolute atomic E-state index is 0.0541. The number of carbonyl (C=O) groups is 2. The number of benzene rings is 2. The Balaban J connectivity index is 1.62. The molecule has 0 bridgehead atoms. The van der Waals surface area contributed by atoms with E-state index in [4.69, 9.17) is 34.8 Å². The number of aromatic nitrogens is 3. The topological polar surface area (TPSA) is 132 Å². The Morgan fingerprint density at radius 3 is 2.50 bits per heavy atom. The van der Waals surface area contributed by atoms with Crippen molar-refractivity contribution in [3.05, 3.63) is 67.4 Å². The van der Waals surface area contributed by atoms with Gasteiger partial charge in [-0.3, -0.25) is 19.7 Å². The van der Waals surface area contributed by atoms with Gasteiger partial charge in [0, 0.05) is 18.7 Å². The summed E-state index contributed by atoms with van der Waals surface area (Å²) in [5.41, 5.74) is 0.323. The minimum atomic E-state index is -0.581. The van der Waals surface area contributed by atoms with Gasteiger partial charge in [0.05, 0.1) is 43.5 Å². The highest BCUT2D eigenvalue weighted by atomic mass is 35.5. The second-order valence-corrected chi connectivity index (χ2v) is 8.86. The molecule has 34 heavy (non-hydrogen) atoms. The van der Waals surface area contributed by atoms with E-state index in [-0.39, 0.29) is 39.5 Å². The van der Waals surface area contributed by atoms with Crippen LogP contribution in [0.25, 0.3) is 0 Å². The average molecular weight is 544 g/mol. The van der Waals surface area contributed by atoms with Gasteiger partial charge in [-0.25, -0.2) is 0 Å². The molecule has 0 aliphatic heterocycles. The summed E-state index contributed by atoms with van der Waals surface area (Å²) in [5, 5.41) is 25.5. The number of non-ortho nitro benzene ring substituents is 1. The number of amides is 2. The van der Waals surface area contributed by atoms with Gasteiger partial charge >= 0.3 is 0 Å². The van der Waals surface area contributed by atoms with Gasteiger partial charge in [-0.05, 0) is 25.1 Å². The maximum absolute atomic E-state index is 12.5. The highest BCUT2D eigenvalue weighted by Gasteiger charge is 2.18. The van der Waals surface area contributed by atoms with E-state index in [1.807, 2.05) is 6.92 Å². The zero-order chi connectivity index (χ0) is 24.8. The van der Waals surface area contributed by atoms with Gasteiger partial charge in [-0.15, -0.1) is 10.2 Å². The quantitative estimate of drug-likeness (QED) is 0.218. The predicted molar refractivity (Wildman–Crippen MR) is 132 cm³/mol. The van der Waals surface area contributed by atoms with E-state index < -0.39 is 10.8 Å². The fourth-order valence-corrected chi connectivity index (χ4v) is 4.19. The zero-order valence-corrected chi connectivity index (χ0v) is 20.6. The molecule has 2 aromatic carbocycles. The first-order valence-corrected chi connectivity index (χ1v) is 11.8. The molecule has 10 nitrogen and oxygen atoms in total. The first kappa shape index (κ1) is 25.8. The lowest BCUT2D eigenvalue weighted by Crippen LogP contribution is -2.18. The smallest absolute Gasteiger partial charge is 0.271 e. The van der Waals surface area contributed by atoms with Gasteiger partial charge in [0.25, 0.3) is 5.69 Å². The van der Waals surface area contributed by atoms with Gasteiger partial charge in [0.2, 0.25) is 11.8 Å². The summed E-state index contributed by atoms with van der Waals surface area (Å²) in [6.07, 6.45) is -0.0697. The molecule has 3 aromatic rings. The monoisotopic (exact) mass is 542 g/mol. The van der Waals surface area contributed by atoms with Crippen LogP contribution in [-0.4, -0.2) is 37.3 Å². The molecule has 1 aromatic heterocycles. The number of nitrogens with one attached hydrogen (secondary N) is 2. The summed E-state index contributed by atoms with van der Waals surface area (Å²) >= 11 is 19.2. The lowest BCUT2D eigenvalue weighted by Gasteiger charge is -2.10. The second-order valence-electron chi connectivity index (χ2n) is 6.73. The van der Waals surface area contributed by atoms with Gasteiger partial charge in [-0.1, -0.05) is 52.6 Å². The molecule has 0 fully saturated rings. The SMILES string of the molecule is CCn1c(CC(=O)Nc2cccc(Cl)c2Cl)nnc1SCC(=O)Nc1cc([N+](=O)[O-])ccc1Cl. The summed E-state index contributed by atoms with van der Waals surface area (Å²) in [7, 11) is 0. The summed E-state index contributed by atoms with van der Waals surface area (Å²) in [6, 6.07) is 8.67. The molecule has 0 radical (unpaired) electrons. The second kappa shape index (κ2) is 11.5. The van der Waals surface area contributed by atoms with Crippen LogP contribution in [0.4, 0.5) is 17.1 Å². The van der Waals surface area contributed by atoms with Crippen molar-refractivity contribution in [1.82, 2.24) is 14.8 Å². The normalized spacial score (nSPS) is 10.7. The molecule has 14 heteroatoms. The number of halogens is 3. The van der Waals surface area contributed by atoms with Crippen LogP contribution in [0.1, 0.15) is 12.7 Å². The maximum Gasteiger partial charge on any atom is 0.271 e. The largest absolute Gasteiger partial charge is 0.324 e. The lowest BCUT2D eigenvalue weighted by molar-refractivity contribution is -0.384. The Kier molecular flexibility index (Phi) is 8.72. The van der Waals surface area contributed by atoms with E-state index in [2.05, 4.69) is 20.8 Å². The van der Waals surface area contributed by atoms with E-state index in [0.717, 1.165) is 11.8 Å². The fourth-order valence-electron chi connectivity index (χ4n) is 2.85. The molecule has 2 N–H and O–H groups in total. The number of hydrogen-bond donors (Lipinski definition) is 2. The molecule has 178 valence electrons. The lowest BCUT2D eigenvalue weighted by atomic mass is 10.3. The van der Waals surface area contributed by atoms with Crippen molar-refractivity contribution in [3.63, 3.8) is 0 Å². The van der Waals surface area contributed by atoms with Crippen LogP contribution in [0.3, 0.4) is 0 Å². The molecule has 0 saturated heterocycles. The van der Waals surface area contributed by atoms with Crippen molar-refractivity contribution >= 4 is 75.4 Å². The molecule has 0 atom stereocenters. The third-order valence-corrected chi connectivity index (χ3v) is 6.54. The third kappa shape index (κ3) is 6.38. The van der Waals surface area contributed by atoms with Crippen LogP contribution in [0.5, 0.6) is 0 Å². The number of hydrogen-bond acceptors (Lipinski definition) is 7. The summed E-state index contributed by atoms with van der Waals surface area (Å²) in [6.45, 7) is 2.32. The fraction of sp³-hybridized carbons (Fsp3) is 0.200. The molecular formula is C20H17Cl3N6O4S. The molecule has 0 aliphatic rings. The number of rotatable bonds is 9. The van der Waals surface area contributed by atoms with Crippen LogP contribution in [-0.2, 0) is 22.6 Å². The van der Waals surface area contributed by atoms with Gasteiger partial charge in [-0.2, -0.15) is 0 Å². The molecule has 0 spiro atoms. The molecule has 3 rings (SSSR count). The minimum Gasteiger partial charge on any atom is -0.324 e. The highest BCUT2D eigenvalue weighted by molar-refractivity contribution is 7.99. The Bertz CT molecular complexity index is 1250. The van der Waals surface area contributed by atoms with Gasteiger partial charge in [0.1, 0.15) is 5.82 Å². The van der Waals surface area contributed by atoms with E-state index in [1.165, 1.54) is 18.2 Å². The first-order chi connectivity index (χ1) is 16.2. The third-order valence-electron chi connectivity index (χ3n) is 4.42. The Labute approximate surface area is 213 Å².